The van der Waals surface area contributed by atoms with Gasteiger partial charge in [-0.25, -0.2) is 0 Å². The van der Waals surface area contributed by atoms with Gasteiger partial charge in [0.05, 0.1) is 0 Å². The average Bonchev–Trinajstić information content (AvgIpc) is 2.64. The van der Waals surface area contributed by atoms with Crippen molar-refractivity contribution >= 4 is 19.2 Å². The first-order valence-electron chi connectivity index (χ1n) is 11.4. The first kappa shape index (κ1) is 23.3. The Morgan fingerprint density at radius 3 is 2.20 bits per heavy atom. The number of aryl methyl sites for hydroxylation is 1. The standard InChI is InChI=1S/C27H40NOP/c1-19-12-11-13-20(18-28-14-9-8-10-15-28)25(19)30-23-17-21(26(2,3)4)16-22(24(23)29)27(5,6)7/h11-13,16-17,29-30H,8-10,14-15,18H2,1-7H3. The third kappa shape index (κ3) is 5.45. The Kier molecular flexibility index (Phi) is 7.00. The van der Waals surface area contributed by atoms with Crippen molar-refractivity contribution in [3.63, 3.8) is 0 Å². The molecule has 0 radical (unpaired) electrons. The first-order chi connectivity index (χ1) is 14.0. The molecule has 1 N–H and O–H groups in total. The molecule has 1 aliphatic heterocycles. The summed E-state index contributed by atoms with van der Waals surface area (Å²) in [6.45, 7) is 19.0. The number of hydrogen-bond acceptors (Lipinski definition) is 2. The van der Waals surface area contributed by atoms with E-state index in [2.05, 4.69) is 83.7 Å². The summed E-state index contributed by atoms with van der Waals surface area (Å²) in [6, 6.07) is 11.2. The van der Waals surface area contributed by atoms with Crippen LogP contribution in [-0.4, -0.2) is 23.1 Å². The Hall–Kier alpha value is -1.37. The van der Waals surface area contributed by atoms with Gasteiger partial charge in [-0.1, -0.05) is 80.8 Å². The average molecular weight is 426 g/mol. The van der Waals surface area contributed by atoms with Crippen molar-refractivity contribution < 1.29 is 5.11 Å². The second kappa shape index (κ2) is 9.01. The van der Waals surface area contributed by atoms with E-state index in [0.29, 0.717) is 14.3 Å². The molecular weight excluding hydrogens is 385 g/mol. The fourth-order valence-corrected chi connectivity index (χ4v) is 5.62. The molecule has 0 aliphatic carbocycles. The van der Waals surface area contributed by atoms with Crippen molar-refractivity contribution in [3.05, 3.63) is 52.6 Å². The molecule has 3 rings (SSSR count). The molecule has 1 unspecified atom stereocenters. The predicted molar refractivity (Wildman–Crippen MR) is 133 cm³/mol. The van der Waals surface area contributed by atoms with Gasteiger partial charge in [0.2, 0.25) is 0 Å². The monoisotopic (exact) mass is 425 g/mol. The van der Waals surface area contributed by atoms with Crippen molar-refractivity contribution in [2.45, 2.75) is 85.1 Å². The topological polar surface area (TPSA) is 23.5 Å². The Labute approximate surface area is 185 Å². The SMILES string of the molecule is Cc1cccc(CN2CCCCC2)c1Pc1cc(C(C)(C)C)cc(C(C)(C)C)c1O. The van der Waals surface area contributed by atoms with E-state index >= 15 is 0 Å². The minimum absolute atomic E-state index is 0.0509. The highest BCUT2D eigenvalue weighted by Gasteiger charge is 2.25. The lowest BCUT2D eigenvalue weighted by Crippen LogP contribution is -2.31. The highest BCUT2D eigenvalue weighted by Crippen LogP contribution is 2.37. The highest BCUT2D eigenvalue weighted by molar-refractivity contribution is 7.56. The van der Waals surface area contributed by atoms with Crippen molar-refractivity contribution in [1.82, 2.24) is 4.90 Å². The molecule has 2 aromatic rings. The lowest BCUT2D eigenvalue weighted by atomic mass is 9.80. The van der Waals surface area contributed by atoms with E-state index in [1.165, 1.54) is 54.3 Å². The predicted octanol–water partition coefficient (Wildman–Crippen LogP) is 5.91. The van der Waals surface area contributed by atoms with Gasteiger partial charge in [0.1, 0.15) is 5.75 Å². The number of phenols is 1. The van der Waals surface area contributed by atoms with Crippen LogP contribution < -0.4 is 10.6 Å². The third-order valence-electron chi connectivity index (χ3n) is 6.25. The third-order valence-corrected chi connectivity index (χ3v) is 7.86. The Morgan fingerprint density at radius 1 is 0.933 bits per heavy atom. The molecular formula is C27H40NOP. The van der Waals surface area contributed by atoms with E-state index in [9.17, 15) is 5.11 Å². The Balaban J connectivity index is 2.03. The van der Waals surface area contributed by atoms with E-state index in [1.54, 1.807) is 0 Å². The van der Waals surface area contributed by atoms with Crippen molar-refractivity contribution in [3.8, 4) is 5.75 Å². The van der Waals surface area contributed by atoms with Gasteiger partial charge < -0.3 is 5.11 Å². The van der Waals surface area contributed by atoms with E-state index in [4.69, 9.17) is 0 Å². The van der Waals surface area contributed by atoms with Crippen LogP contribution in [0.2, 0.25) is 0 Å². The highest BCUT2D eigenvalue weighted by atomic mass is 31.1. The molecule has 1 saturated heterocycles. The summed E-state index contributed by atoms with van der Waals surface area (Å²) in [7, 11) is 0.469. The zero-order valence-electron chi connectivity index (χ0n) is 20.0. The zero-order valence-corrected chi connectivity index (χ0v) is 21.0. The maximum absolute atomic E-state index is 11.3. The molecule has 1 aliphatic rings. The number of hydrogen-bond donors (Lipinski definition) is 1. The summed E-state index contributed by atoms with van der Waals surface area (Å²) in [4.78, 5) is 2.60. The molecule has 1 fully saturated rings. The number of aromatic hydroxyl groups is 1. The normalized spacial score (nSPS) is 16.5. The smallest absolute Gasteiger partial charge is 0.127 e. The molecule has 0 bridgehead atoms. The molecule has 0 amide bonds. The van der Waals surface area contributed by atoms with E-state index < -0.39 is 0 Å². The Bertz CT molecular complexity index is 883. The van der Waals surface area contributed by atoms with Crippen LogP contribution in [-0.2, 0) is 17.4 Å². The van der Waals surface area contributed by atoms with Gasteiger partial charge in [0, 0.05) is 17.4 Å². The summed E-state index contributed by atoms with van der Waals surface area (Å²) >= 11 is 0. The molecule has 1 heterocycles. The molecule has 1 atom stereocenters. The van der Waals surface area contributed by atoms with Crippen LogP contribution in [0.3, 0.4) is 0 Å². The quantitative estimate of drug-likeness (QED) is 0.616. The molecule has 2 nitrogen and oxygen atoms in total. The van der Waals surface area contributed by atoms with Gasteiger partial charge in [0.25, 0.3) is 0 Å². The summed E-state index contributed by atoms with van der Waals surface area (Å²) in [5.41, 5.74) is 5.08. The fraction of sp³-hybridized carbons (Fsp3) is 0.556. The van der Waals surface area contributed by atoms with Crippen LogP contribution in [0.15, 0.2) is 30.3 Å². The van der Waals surface area contributed by atoms with Gasteiger partial charge in [-0.2, -0.15) is 0 Å². The van der Waals surface area contributed by atoms with Gasteiger partial charge in [-0.3, -0.25) is 4.90 Å². The summed E-state index contributed by atoms with van der Waals surface area (Å²) in [5.74, 6) is 0.487. The number of benzene rings is 2. The summed E-state index contributed by atoms with van der Waals surface area (Å²) < 4.78 is 0. The number of phenolic OH excluding ortho intramolecular Hbond substituents is 1. The second-order valence-electron chi connectivity index (χ2n) is 11.0. The van der Waals surface area contributed by atoms with Crippen LogP contribution >= 0.6 is 8.58 Å². The molecule has 0 spiro atoms. The number of piperidine rings is 1. The molecule has 164 valence electrons. The van der Waals surface area contributed by atoms with Gasteiger partial charge in [0.15, 0.2) is 0 Å². The molecule has 30 heavy (non-hydrogen) atoms. The van der Waals surface area contributed by atoms with Gasteiger partial charge in [-0.05, 0) is 71.7 Å². The number of likely N-dealkylation sites (tertiary alicyclic amines) is 1. The maximum atomic E-state index is 11.3. The number of nitrogens with zero attached hydrogens (tertiary/aromatic N) is 1. The largest absolute Gasteiger partial charge is 0.507 e. The lowest BCUT2D eigenvalue weighted by molar-refractivity contribution is 0.221. The van der Waals surface area contributed by atoms with E-state index in [0.717, 1.165) is 17.4 Å². The first-order valence-corrected chi connectivity index (χ1v) is 12.4. The number of rotatable bonds is 4. The summed E-state index contributed by atoms with van der Waals surface area (Å²) in [5, 5.41) is 13.8. The lowest BCUT2D eigenvalue weighted by Gasteiger charge is -2.29. The molecule has 2 aromatic carbocycles. The zero-order chi connectivity index (χ0) is 22.1. The van der Waals surface area contributed by atoms with Crippen LogP contribution in [0.4, 0.5) is 0 Å². The minimum atomic E-state index is -0.0903. The maximum Gasteiger partial charge on any atom is 0.127 e. The van der Waals surface area contributed by atoms with E-state index in [1.807, 2.05) is 0 Å². The van der Waals surface area contributed by atoms with Crippen LogP contribution in [0.5, 0.6) is 5.75 Å². The van der Waals surface area contributed by atoms with Crippen LogP contribution in [0.1, 0.15) is 83.1 Å². The van der Waals surface area contributed by atoms with Crippen LogP contribution in [0, 0.1) is 6.92 Å². The molecule has 0 saturated carbocycles. The molecule has 0 aromatic heterocycles. The van der Waals surface area contributed by atoms with Crippen molar-refractivity contribution in [1.29, 1.82) is 0 Å². The second-order valence-corrected chi connectivity index (χ2v) is 12.3. The van der Waals surface area contributed by atoms with Crippen molar-refractivity contribution in [2.75, 3.05) is 13.1 Å². The van der Waals surface area contributed by atoms with Crippen LogP contribution in [0.25, 0.3) is 0 Å². The van der Waals surface area contributed by atoms with E-state index in [-0.39, 0.29) is 10.8 Å². The van der Waals surface area contributed by atoms with Crippen molar-refractivity contribution in [2.24, 2.45) is 0 Å². The minimum Gasteiger partial charge on any atom is -0.507 e. The fourth-order valence-electron chi connectivity index (χ4n) is 4.27. The van der Waals surface area contributed by atoms with Gasteiger partial charge >= 0.3 is 0 Å². The van der Waals surface area contributed by atoms with Gasteiger partial charge in [-0.15, -0.1) is 0 Å². The Morgan fingerprint density at radius 2 is 1.60 bits per heavy atom. The summed E-state index contributed by atoms with van der Waals surface area (Å²) in [6.07, 6.45) is 3.99. The molecule has 3 heteroatoms.